The van der Waals surface area contributed by atoms with Gasteiger partial charge in [-0.2, -0.15) is 0 Å². The number of piperidine rings is 1. The molecule has 0 spiro atoms. The van der Waals surface area contributed by atoms with E-state index in [0.717, 1.165) is 31.8 Å². The molecular formula is C27H55N5O5. The second kappa shape index (κ2) is 23.0. The Morgan fingerprint density at radius 2 is 1.38 bits per heavy atom. The maximum absolute atomic E-state index is 12.2. The Kier molecular flexibility index (Phi) is 22.9. The number of carbonyl (C=O) groups is 4. The summed E-state index contributed by atoms with van der Waals surface area (Å²) in [6.07, 6.45) is 6.98. The predicted octanol–water partition coefficient (Wildman–Crippen LogP) is 2.23. The summed E-state index contributed by atoms with van der Waals surface area (Å²) in [6.45, 7) is 15.7. The van der Waals surface area contributed by atoms with Gasteiger partial charge in [0.05, 0.1) is 13.1 Å². The quantitative estimate of drug-likeness (QED) is 0.440. The van der Waals surface area contributed by atoms with Crippen LogP contribution in [-0.2, 0) is 19.2 Å². The molecule has 2 rings (SSSR count). The maximum Gasteiger partial charge on any atom is 0.290 e. The number of carboxylic acid groups (broad SMARTS) is 1. The lowest BCUT2D eigenvalue weighted by Gasteiger charge is -2.34. The van der Waals surface area contributed by atoms with Crippen molar-refractivity contribution in [1.29, 1.82) is 0 Å². The van der Waals surface area contributed by atoms with Crippen LogP contribution < -0.4 is 5.32 Å². The molecule has 0 bridgehead atoms. The molecule has 0 unspecified atom stereocenters. The van der Waals surface area contributed by atoms with Gasteiger partial charge >= 0.3 is 0 Å². The Morgan fingerprint density at radius 3 is 1.76 bits per heavy atom. The summed E-state index contributed by atoms with van der Waals surface area (Å²) in [4.78, 5) is 50.9. The van der Waals surface area contributed by atoms with Gasteiger partial charge in [0, 0.05) is 32.7 Å². The highest BCUT2D eigenvalue weighted by molar-refractivity contribution is 5.80. The first-order valence-electron chi connectivity index (χ1n) is 13.6. The highest BCUT2D eigenvalue weighted by Gasteiger charge is 2.26. The van der Waals surface area contributed by atoms with Gasteiger partial charge in [-0.1, -0.05) is 41.0 Å². The van der Waals surface area contributed by atoms with Crippen LogP contribution in [-0.4, -0.2) is 122 Å². The van der Waals surface area contributed by atoms with Crippen LogP contribution in [0.4, 0.5) is 0 Å². The molecule has 2 aliphatic heterocycles. The fraction of sp³-hybridized carbons (Fsp3) is 0.852. The number of nitrogens with zero attached hydrogens (tertiary/aromatic N) is 4. The van der Waals surface area contributed by atoms with Crippen LogP contribution in [0.1, 0.15) is 66.7 Å². The van der Waals surface area contributed by atoms with E-state index in [1.807, 2.05) is 16.8 Å². The zero-order valence-corrected chi connectivity index (χ0v) is 24.7. The first-order chi connectivity index (χ1) is 17.4. The lowest BCUT2D eigenvalue weighted by atomic mass is 10.0. The predicted molar refractivity (Wildman–Crippen MR) is 149 cm³/mol. The highest BCUT2D eigenvalue weighted by atomic mass is 16.3. The smallest absolute Gasteiger partial charge is 0.290 e. The van der Waals surface area contributed by atoms with E-state index < -0.39 is 0 Å². The zero-order valence-electron chi connectivity index (χ0n) is 24.7. The van der Waals surface area contributed by atoms with Crippen molar-refractivity contribution in [1.82, 2.24) is 24.9 Å². The Labute approximate surface area is 225 Å². The van der Waals surface area contributed by atoms with Crippen molar-refractivity contribution in [3.63, 3.8) is 0 Å². The third-order valence-corrected chi connectivity index (χ3v) is 5.94. The fourth-order valence-electron chi connectivity index (χ4n) is 3.95. The van der Waals surface area contributed by atoms with Crippen LogP contribution in [0.15, 0.2) is 0 Å². The van der Waals surface area contributed by atoms with Gasteiger partial charge in [-0.15, -0.1) is 0 Å². The van der Waals surface area contributed by atoms with Crippen molar-refractivity contribution in [3.8, 4) is 0 Å². The summed E-state index contributed by atoms with van der Waals surface area (Å²) in [6, 6.07) is -0.00710. The molecule has 3 amide bonds. The molecule has 10 heteroatoms. The van der Waals surface area contributed by atoms with E-state index in [2.05, 4.69) is 51.9 Å². The van der Waals surface area contributed by atoms with E-state index in [0.29, 0.717) is 19.5 Å². The average molecular weight is 530 g/mol. The number of rotatable bonds is 9. The molecule has 2 fully saturated rings. The molecule has 0 aliphatic carbocycles. The number of likely N-dealkylation sites (N-methyl/N-ethyl adjacent to an activating group) is 2. The maximum atomic E-state index is 12.2. The Balaban J connectivity index is 0. The van der Waals surface area contributed by atoms with E-state index in [1.165, 1.54) is 32.4 Å². The molecule has 0 saturated carbocycles. The topological polar surface area (TPSA) is 114 Å². The first kappa shape index (κ1) is 37.0. The van der Waals surface area contributed by atoms with Crippen molar-refractivity contribution >= 4 is 24.7 Å². The molecule has 10 nitrogen and oxygen atoms in total. The molecule has 0 aromatic rings. The molecule has 37 heavy (non-hydrogen) atoms. The Bertz CT molecular complexity index is 603. The average Bonchev–Trinajstić information content (AvgIpc) is 3.37. The van der Waals surface area contributed by atoms with Gasteiger partial charge in [-0.25, -0.2) is 0 Å². The summed E-state index contributed by atoms with van der Waals surface area (Å²) in [5, 5.41) is 9.29. The van der Waals surface area contributed by atoms with Gasteiger partial charge in [-0.3, -0.25) is 24.1 Å². The van der Waals surface area contributed by atoms with Crippen LogP contribution in [0.3, 0.4) is 0 Å². The monoisotopic (exact) mass is 529 g/mol. The van der Waals surface area contributed by atoms with E-state index in [9.17, 15) is 14.4 Å². The van der Waals surface area contributed by atoms with E-state index in [4.69, 9.17) is 9.90 Å². The van der Waals surface area contributed by atoms with Gasteiger partial charge in [0.25, 0.3) is 6.47 Å². The van der Waals surface area contributed by atoms with Crippen molar-refractivity contribution in [2.75, 3.05) is 67.0 Å². The van der Waals surface area contributed by atoms with Crippen LogP contribution in [0.2, 0.25) is 0 Å². The van der Waals surface area contributed by atoms with E-state index in [1.54, 1.807) is 11.9 Å². The minimum Gasteiger partial charge on any atom is -0.483 e. The largest absolute Gasteiger partial charge is 0.483 e. The second-order valence-corrected chi connectivity index (χ2v) is 10.8. The Hall–Kier alpha value is -2.20. The molecule has 1 atom stereocenters. The standard InChI is InChI=1S/C16H30N4O3.C6H13N.C4H10.CH2O2/c1-13(2)14(19(4)15(22)9-17-12-21)10-18(3)11-16(23)20-7-5-6-8-20;1-7-5-3-2-4-6-7;1-4(2)3;2-1-3/h12-14H,5-11H2,1-4H3,(H,17,21);2-6H2,1H3;4H,1-3H3;1H,(H,2,3)/t14-;;;/m1.../s1. The minimum absolute atomic E-state index is 0.000355. The van der Waals surface area contributed by atoms with Crippen LogP contribution in [0.5, 0.6) is 0 Å². The summed E-state index contributed by atoms with van der Waals surface area (Å²) in [7, 11) is 5.85. The molecule has 2 heterocycles. The van der Waals surface area contributed by atoms with E-state index in [-0.39, 0.29) is 36.8 Å². The van der Waals surface area contributed by atoms with Gasteiger partial charge in [-0.05, 0) is 64.7 Å². The fourth-order valence-corrected chi connectivity index (χ4v) is 3.95. The lowest BCUT2D eigenvalue weighted by molar-refractivity contribution is -0.134. The number of likely N-dealkylation sites (tertiary alicyclic amines) is 2. The lowest BCUT2D eigenvalue weighted by Crippen LogP contribution is -2.50. The van der Waals surface area contributed by atoms with Crippen LogP contribution >= 0.6 is 0 Å². The molecule has 2 N–H and O–H groups in total. The van der Waals surface area contributed by atoms with Gasteiger partial charge in [0.1, 0.15) is 0 Å². The zero-order chi connectivity index (χ0) is 28.8. The summed E-state index contributed by atoms with van der Waals surface area (Å²) in [5.74, 6) is 1.11. The minimum atomic E-state index is -0.250. The van der Waals surface area contributed by atoms with Gasteiger partial charge < -0.3 is 25.1 Å². The number of hydrogen-bond donors (Lipinski definition) is 2. The molecule has 2 saturated heterocycles. The summed E-state index contributed by atoms with van der Waals surface area (Å²) in [5.41, 5.74) is 0. The third-order valence-electron chi connectivity index (χ3n) is 5.94. The number of carbonyl (C=O) groups excluding carboxylic acids is 3. The molecule has 0 radical (unpaired) electrons. The van der Waals surface area contributed by atoms with Crippen molar-refractivity contribution < 1.29 is 24.3 Å². The summed E-state index contributed by atoms with van der Waals surface area (Å²) >= 11 is 0. The van der Waals surface area contributed by atoms with Crippen LogP contribution in [0.25, 0.3) is 0 Å². The highest BCUT2D eigenvalue weighted by Crippen LogP contribution is 2.12. The molecule has 0 aromatic heterocycles. The molecular weight excluding hydrogens is 474 g/mol. The van der Waals surface area contributed by atoms with Crippen molar-refractivity contribution in [3.05, 3.63) is 0 Å². The molecule has 218 valence electrons. The first-order valence-corrected chi connectivity index (χ1v) is 13.6. The summed E-state index contributed by atoms with van der Waals surface area (Å²) < 4.78 is 0. The van der Waals surface area contributed by atoms with E-state index >= 15 is 0 Å². The SMILES string of the molecule is CC(C)C.CC(C)[C@@H](CN(C)CC(=O)N1CCCC1)N(C)C(=O)CNC=O.CN1CCCCC1.O=CO. The second-order valence-electron chi connectivity index (χ2n) is 10.8. The Morgan fingerprint density at radius 1 is 0.919 bits per heavy atom. The van der Waals surface area contributed by atoms with Crippen LogP contribution in [0, 0.1) is 11.8 Å². The van der Waals surface area contributed by atoms with Crippen molar-refractivity contribution in [2.45, 2.75) is 72.8 Å². The van der Waals surface area contributed by atoms with Crippen molar-refractivity contribution in [2.24, 2.45) is 11.8 Å². The number of amides is 3. The number of nitrogens with one attached hydrogen (secondary N) is 1. The molecule has 0 aromatic carbocycles. The van der Waals surface area contributed by atoms with Gasteiger partial charge in [0.2, 0.25) is 18.2 Å². The number of hydrogen-bond acceptors (Lipinski definition) is 6. The third kappa shape index (κ3) is 20.5. The molecule has 2 aliphatic rings. The van der Waals surface area contributed by atoms with Gasteiger partial charge in [0.15, 0.2) is 0 Å². The normalized spacial score (nSPS) is 15.9.